The average Bonchev–Trinajstić information content (AvgIpc) is 2.46. The van der Waals surface area contributed by atoms with Crippen LogP contribution in [0.3, 0.4) is 0 Å². The number of aromatic nitrogens is 1. The van der Waals surface area contributed by atoms with E-state index in [0.29, 0.717) is 11.1 Å². The van der Waals surface area contributed by atoms with Crippen molar-refractivity contribution in [3.8, 4) is 11.1 Å². The van der Waals surface area contributed by atoms with Crippen LogP contribution in [0.4, 0.5) is 4.39 Å². The van der Waals surface area contributed by atoms with Crippen LogP contribution < -0.4 is 0 Å². The molecule has 20 heavy (non-hydrogen) atoms. The molecule has 98 valence electrons. The lowest BCUT2D eigenvalue weighted by molar-refractivity contribution is 0.112. The van der Waals surface area contributed by atoms with E-state index < -0.39 is 0 Å². The average molecular weight is 265 g/mol. The van der Waals surface area contributed by atoms with Gasteiger partial charge < -0.3 is 0 Å². The number of hydrogen-bond donors (Lipinski definition) is 0. The molecule has 0 saturated carbocycles. The standard InChI is InChI=1S/C17H12FNO/c1-11-2-3-13-8-12(5-7-17(13)19-11)16-9-15(18)6-4-14(16)10-20/h2-10H,1H3. The summed E-state index contributed by atoms with van der Waals surface area (Å²) in [5.74, 6) is -0.354. The van der Waals surface area contributed by atoms with E-state index in [2.05, 4.69) is 4.98 Å². The molecule has 0 saturated heterocycles. The topological polar surface area (TPSA) is 30.0 Å². The van der Waals surface area contributed by atoms with E-state index in [1.165, 1.54) is 18.2 Å². The van der Waals surface area contributed by atoms with Gasteiger partial charge in [0.25, 0.3) is 0 Å². The number of aldehydes is 1. The van der Waals surface area contributed by atoms with E-state index in [4.69, 9.17) is 0 Å². The SMILES string of the molecule is Cc1ccc2cc(-c3cc(F)ccc3C=O)ccc2n1. The Balaban J connectivity index is 2.22. The van der Waals surface area contributed by atoms with Crippen molar-refractivity contribution < 1.29 is 9.18 Å². The van der Waals surface area contributed by atoms with Crippen molar-refractivity contribution in [3.05, 3.63) is 65.6 Å². The summed E-state index contributed by atoms with van der Waals surface area (Å²) in [6, 6.07) is 13.7. The van der Waals surface area contributed by atoms with E-state index in [-0.39, 0.29) is 5.82 Å². The van der Waals surface area contributed by atoms with Gasteiger partial charge in [-0.1, -0.05) is 12.1 Å². The normalized spacial score (nSPS) is 10.7. The highest BCUT2D eigenvalue weighted by Gasteiger charge is 2.07. The number of pyridine rings is 1. The molecule has 0 N–H and O–H groups in total. The van der Waals surface area contributed by atoms with Gasteiger partial charge in [0.2, 0.25) is 0 Å². The highest BCUT2D eigenvalue weighted by molar-refractivity contribution is 5.91. The second-order valence-electron chi connectivity index (χ2n) is 4.71. The Kier molecular flexibility index (Phi) is 3.03. The molecule has 0 bridgehead atoms. The number of halogens is 1. The van der Waals surface area contributed by atoms with Crippen molar-refractivity contribution in [2.75, 3.05) is 0 Å². The minimum absolute atomic E-state index is 0.354. The fourth-order valence-electron chi connectivity index (χ4n) is 2.28. The summed E-state index contributed by atoms with van der Waals surface area (Å²) in [5, 5.41) is 0.967. The number of rotatable bonds is 2. The minimum atomic E-state index is -0.354. The maximum absolute atomic E-state index is 13.4. The zero-order valence-electron chi connectivity index (χ0n) is 10.9. The molecule has 0 atom stereocenters. The first-order chi connectivity index (χ1) is 9.67. The molecule has 3 heteroatoms. The van der Waals surface area contributed by atoms with Gasteiger partial charge in [-0.15, -0.1) is 0 Å². The Morgan fingerprint density at radius 2 is 1.90 bits per heavy atom. The Hall–Kier alpha value is -2.55. The summed E-state index contributed by atoms with van der Waals surface area (Å²) >= 11 is 0. The molecule has 0 fully saturated rings. The third-order valence-electron chi connectivity index (χ3n) is 3.28. The summed E-state index contributed by atoms with van der Waals surface area (Å²) in [6.45, 7) is 1.93. The van der Waals surface area contributed by atoms with Gasteiger partial charge in [0.05, 0.1) is 5.52 Å². The molecule has 1 aromatic heterocycles. The van der Waals surface area contributed by atoms with Crippen molar-refractivity contribution in [2.45, 2.75) is 6.92 Å². The van der Waals surface area contributed by atoms with Gasteiger partial charge in [-0.3, -0.25) is 9.78 Å². The second kappa shape index (κ2) is 4.85. The Bertz CT molecular complexity index is 811. The van der Waals surface area contributed by atoms with Crippen molar-refractivity contribution in [2.24, 2.45) is 0 Å². The predicted octanol–water partition coefficient (Wildman–Crippen LogP) is 4.16. The fraction of sp³-hybridized carbons (Fsp3) is 0.0588. The number of fused-ring (bicyclic) bond motifs is 1. The first-order valence-electron chi connectivity index (χ1n) is 6.30. The molecule has 0 aliphatic rings. The van der Waals surface area contributed by atoms with Gasteiger partial charge >= 0.3 is 0 Å². The first kappa shape index (κ1) is 12.5. The third kappa shape index (κ3) is 2.18. The van der Waals surface area contributed by atoms with Gasteiger partial charge in [-0.05, 0) is 54.4 Å². The van der Waals surface area contributed by atoms with Gasteiger partial charge in [-0.25, -0.2) is 4.39 Å². The summed E-state index contributed by atoms with van der Waals surface area (Å²) in [5.41, 5.74) is 3.72. The minimum Gasteiger partial charge on any atom is -0.298 e. The van der Waals surface area contributed by atoms with E-state index in [1.54, 1.807) is 0 Å². The Labute approximate surface area is 115 Å². The van der Waals surface area contributed by atoms with Crippen molar-refractivity contribution in [1.82, 2.24) is 4.98 Å². The fourth-order valence-corrected chi connectivity index (χ4v) is 2.28. The summed E-state index contributed by atoms with van der Waals surface area (Å²) in [7, 11) is 0. The van der Waals surface area contributed by atoms with Crippen LogP contribution in [-0.2, 0) is 0 Å². The van der Waals surface area contributed by atoms with E-state index in [1.807, 2.05) is 37.3 Å². The quantitative estimate of drug-likeness (QED) is 0.651. The van der Waals surface area contributed by atoms with E-state index >= 15 is 0 Å². The smallest absolute Gasteiger partial charge is 0.150 e. The van der Waals surface area contributed by atoms with Gasteiger partial charge in [0.15, 0.2) is 6.29 Å². The Morgan fingerprint density at radius 1 is 1.05 bits per heavy atom. The van der Waals surface area contributed by atoms with Crippen LogP contribution in [0.5, 0.6) is 0 Å². The maximum atomic E-state index is 13.4. The van der Waals surface area contributed by atoms with Crippen LogP contribution >= 0.6 is 0 Å². The third-order valence-corrected chi connectivity index (χ3v) is 3.28. The monoisotopic (exact) mass is 265 g/mol. The van der Waals surface area contributed by atoms with Crippen LogP contribution in [0.25, 0.3) is 22.0 Å². The molecule has 0 unspecified atom stereocenters. The van der Waals surface area contributed by atoms with Crippen LogP contribution in [0.2, 0.25) is 0 Å². The predicted molar refractivity (Wildman–Crippen MR) is 77.3 cm³/mol. The molecule has 0 aliphatic heterocycles. The molecule has 3 aromatic rings. The van der Waals surface area contributed by atoms with Crippen LogP contribution in [-0.4, -0.2) is 11.3 Å². The lowest BCUT2D eigenvalue weighted by Gasteiger charge is -2.07. The molecule has 0 amide bonds. The number of nitrogens with zero attached hydrogens (tertiary/aromatic N) is 1. The molecular weight excluding hydrogens is 253 g/mol. The molecule has 0 spiro atoms. The highest BCUT2D eigenvalue weighted by Crippen LogP contribution is 2.27. The van der Waals surface area contributed by atoms with Gasteiger partial charge in [0, 0.05) is 16.6 Å². The van der Waals surface area contributed by atoms with Crippen LogP contribution in [0.1, 0.15) is 16.1 Å². The zero-order valence-corrected chi connectivity index (χ0v) is 10.9. The number of aryl methyl sites for hydroxylation is 1. The Morgan fingerprint density at radius 3 is 2.70 bits per heavy atom. The lowest BCUT2D eigenvalue weighted by atomic mass is 9.98. The van der Waals surface area contributed by atoms with Gasteiger partial charge in [-0.2, -0.15) is 0 Å². The number of benzene rings is 2. The molecule has 0 aliphatic carbocycles. The van der Waals surface area contributed by atoms with E-state index in [0.717, 1.165) is 28.4 Å². The van der Waals surface area contributed by atoms with Gasteiger partial charge in [0.1, 0.15) is 5.82 Å². The largest absolute Gasteiger partial charge is 0.298 e. The first-order valence-corrected chi connectivity index (χ1v) is 6.30. The molecule has 3 rings (SSSR count). The summed E-state index contributed by atoms with van der Waals surface area (Å²) in [6.07, 6.45) is 0.742. The van der Waals surface area contributed by atoms with Crippen LogP contribution in [0.15, 0.2) is 48.5 Å². The van der Waals surface area contributed by atoms with Crippen molar-refractivity contribution >= 4 is 17.2 Å². The summed E-state index contributed by atoms with van der Waals surface area (Å²) < 4.78 is 13.4. The maximum Gasteiger partial charge on any atom is 0.150 e. The van der Waals surface area contributed by atoms with Crippen molar-refractivity contribution in [1.29, 1.82) is 0 Å². The zero-order chi connectivity index (χ0) is 14.1. The van der Waals surface area contributed by atoms with Crippen LogP contribution in [0, 0.1) is 12.7 Å². The molecule has 0 radical (unpaired) electrons. The molecule has 2 nitrogen and oxygen atoms in total. The van der Waals surface area contributed by atoms with E-state index in [9.17, 15) is 9.18 Å². The molecule has 1 heterocycles. The number of carbonyl (C=O) groups is 1. The van der Waals surface area contributed by atoms with Crippen molar-refractivity contribution in [3.63, 3.8) is 0 Å². The molecule has 2 aromatic carbocycles. The highest BCUT2D eigenvalue weighted by atomic mass is 19.1. The molecular formula is C17H12FNO. The second-order valence-corrected chi connectivity index (χ2v) is 4.71. The lowest BCUT2D eigenvalue weighted by Crippen LogP contribution is -1.90. The number of carbonyl (C=O) groups excluding carboxylic acids is 1. The summed E-state index contributed by atoms with van der Waals surface area (Å²) in [4.78, 5) is 15.5. The number of hydrogen-bond acceptors (Lipinski definition) is 2.